The summed E-state index contributed by atoms with van der Waals surface area (Å²) in [6.45, 7) is 17.0. The zero-order valence-corrected chi connectivity index (χ0v) is 15.6. The van der Waals surface area contributed by atoms with Crippen molar-refractivity contribution < 1.29 is 9.53 Å². The normalized spacial score (nSPS) is 27.5. The van der Waals surface area contributed by atoms with Crippen molar-refractivity contribution in [2.75, 3.05) is 45.9 Å². The van der Waals surface area contributed by atoms with Crippen LogP contribution in [0.5, 0.6) is 0 Å². The monoisotopic (exact) mass is 325 g/mol. The lowest BCUT2D eigenvalue weighted by Crippen LogP contribution is -2.59. The topological polar surface area (TPSA) is 44.8 Å². The fourth-order valence-corrected chi connectivity index (χ4v) is 3.42. The first kappa shape index (κ1) is 18.7. The van der Waals surface area contributed by atoms with Gasteiger partial charge in [-0.05, 0) is 39.7 Å². The Bertz CT molecular complexity index is 386. The number of hydrogen-bond donors (Lipinski definition) is 1. The number of piperidine rings is 1. The van der Waals surface area contributed by atoms with Gasteiger partial charge in [0.15, 0.2) is 0 Å². The minimum absolute atomic E-state index is 0.0989. The van der Waals surface area contributed by atoms with E-state index in [-0.39, 0.29) is 11.5 Å². The molecule has 2 aliphatic rings. The predicted molar refractivity (Wildman–Crippen MR) is 93.5 cm³/mol. The van der Waals surface area contributed by atoms with E-state index in [9.17, 15) is 4.79 Å². The number of morpholine rings is 1. The maximum Gasteiger partial charge on any atom is 0.227 e. The number of likely N-dealkylation sites (tertiary alicyclic amines) is 1. The zero-order valence-electron chi connectivity index (χ0n) is 15.6. The van der Waals surface area contributed by atoms with Gasteiger partial charge in [-0.15, -0.1) is 0 Å². The van der Waals surface area contributed by atoms with Crippen LogP contribution in [0.15, 0.2) is 0 Å². The molecule has 23 heavy (non-hydrogen) atoms. The lowest BCUT2D eigenvalue weighted by molar-refractivity contribution is -0.142. The van der Waals surface area contributed by atoms with Crippen molar-refractivity contribution in [2.24, 2.45) is 11.8 Å². The number of nitrogens with one attached hydrogen (secondary N) is 1. The van der Waals surface area contributed by atoms with Gasteiger partial charge < -0.3 is 15.0 Å². The molecule has 5 nitrogen and oxygen atoms in total. The standard InChI is InChI=1S/C18H35N3O2/c1-14(2)11-19-16-10-15(12-21(13-16)18(3,4)5)17(22)20-6-8-23-9-7-20/h14-16,19H,6-13H2,1-5H3/t15-,16+/m1/s1. The van der Waals surface area contributed by atoms with Crippen molar-refractivity contribution in [1.29, 1.82) is 0 Å². The van der Waals surface area contributed by atoms with Gasteiger partial charge in [0.1, 0.15) is 0 Å². The summed E-state index contributed by atoms with van der Waals surface area (Å²) in [4.78, 5) is 17.4. The van der Waals surface area contributed by atoms with Gasteiger partial charge in [-0.2, -0.15) is 0 Å². The highest BCUT2D eigenvalue weighted by molar-refractivity contribution is 5.79. The molecule has 0 aromatic rings. The van der Waals surface area contributed by atoms with Crippen LogP contribution in [-0.4, -0.2) is 73.2 Å². The summed E-state index contributed by atoms with van der Waals surface area (Å²) in [5, 5.41) is 3.67. The molecular weight excluding hydrogens is 290 g/mol. The summed E-state index contributed by atoms with van der Waals surface area (Å²) in [6.07, 6.45) is 0.954. The number of carbonyl (C=O) groups excluding carboxylic acids is 1. The van der Waals surface area contributed by atoms with E-state index in [1.54, 1.807) is 0 Å². The molecule has 2 heterocycles. The van der Waals surface area contributed by atoms with Crippen LogP contribution in [0.4, 0.5) is 0 Å². The zero-order chi connectivity index (χ0) is 17.0. The van der Waals surface area contributed by atoms with Gasteiger partial charge >= 0.3 is 0 Å². The Hall–Kier alpha value is -0.650. The van der Waals surface area contributed by atoms with E-state index in [0.29, 0.717) is 31.1 Å². The Kier molecular flexibility index (Phi) is 6.46. The Morgan fingerprint density at radius 3 is 2.43 bits per heavy atom. The lowest BCUT2D eigenvalue weighted by atomic mass is 9.89. The highest BCUT2D eigenvalue weighted by Gasteiger charge is 2.37. The number of rotatable bonds is 4. The molecule has 0 spiro atoms. The van der Waals surface area contributed by atoms with Crippen molar-refractivity contribution in [3.05, 3.63) is 0 Å². The van der Waals surface area contributed by atoms with Gasteiger partial charge in [0.2, 0.25) is 5.91 Å². The lowest BCUT2D eigenvalue weighted by Gasteiger charge is -2.45. The van der Waals surface area contributed by atoms with Crippen LogP contribution >= 0.6 is 0 Å². The second-order valence-electron chi connectivity index (χ2n) is 8.45. The molecular formula is C18H35N3O2. The summed E-state index contributed by atoms with van der Waals surface area (Å²) in [5.74, 6) is 1.05. The summed E-state index contributed by atoms with van der Waals surface area (Å²) in [7, 11) is 0. The number of nitrogens with zero attached hydrogens (tertiary/aromatic N) is 2. The van der Waals surface area contributed by atoms with E-state index in [4.69, 9.17) is 4.74 Å². The summed E-state index contributed by atoms with van der Waals surface area (Å²) >= 11 is 0. The summed E-state index contributed by atoms with van der Waals surface area (Å²) in [6, 6.07) is 0.403. The first-order valence-electron chi connectivity index (χ1n) is 9.12. The first-order chi connectivity index (χ1) is 10.8. The SMILES string of the molecule is CC(C)CN[C@H]1C[C@@H](C(=O)N2CCOCC2)CN(C(C)(C)C)C1. The number of amides is 1. The van der Waals surface area contributed by atoms with Crippen molar-refractivity contribution in [3.63, 3.8) is 0 Å². The van der Waals surface area contributed by atoms with Gasteiger partial charge in [-0.1, -0.05) is 13.8 Å². The average molecular weight is 325 g/mol. The molecule has 0 unspecified atom stereocenters. The third-order valence-corrected chi connectivity index (χ3v) is 4.89. The molecule has 2 saturated heterocycles. The Morgan fingerprint density at radius 2 is 1.87 bits per heavy atom. The molecule has 2 atom stereocenters. The van der Waals surface area contributed by atoms with Crippen LogP contribution in [0.25, 0.3) is 0 Å². The molecule has 1 amide bonds. The molecule has 0 aromatic carbocycles. The first-order valence-corrected chi connectivity index (χ1v) is 9.12. The third kappa shape index (κ3) is 5.44. The molecule has 0 aromatic heterocycles. The highest BCUT2D eigenvalue weighted by atomic mass is 16.5. The maximum atomic E-state index is 12.9. The van der Waals surface area contributed by atoms with E-state index in [1.165, 1.54) is 0 Å². The number of ether oxygens (including phenoxy) is 1. The minimum Gasteiger partial charge on any atom is -0.378 e. The van der Waals surface area contributed by atoms with E-state index < -0.39 is 0 Å². The molecule has 5 heteroatoms. The highest BCUT2D eigenvalue weighted by Crippen LogP contribution is 2.26. The number of hydrogen-bond acceptors (Lipinski definition) is 4. The van der Waals surface area contributed by atoms with Crippen molar-refractivity contribution in [3.8, 4) is 0 Å². The van der Waals surface area contributed by atoms with Gasteiger partial charge in [0, 0.05) is 37.8 Å². The molecule has 2 aliphatic heterocycles. The molecule has 0 aliphatic carbocycles. The van der Waals surface area contributed by atoms with Crippen LogP contribution in [0.3, 0.4) is 0 Å². The smallest absolute Gasteiger partial charge is 0.227 e. The average Bonchev–Trinajstić information content (AvgIpc) is 2.52. The maximum absolute atomic E-state index is 12.9. The van der Waals surface area contributed by atoms with Crippen molar-refractivity contribution in [1.82, 2.24) is 15.1 Å². The number of carbonyl (C=O) groups is 1. The molecule has 2 rings (SSSR count). The molecule has 1 N–H and O–H groups in total. The van der Waals surface area contributed by atoms with Crippen LogP contribution in [0.2, 0.25) is 0 Å². The fourth-order valence-electron chi connectivity index (χ4n) is 3.42. The van der Waals surface area contributed by atoms with E-state index >= 15 is 0 Å². The van der Waals surface area contributed by atoms with Gasteiger partial charge in [-0.3, -0.25) is 9.69 Å². The minimum atomic E-state index is 0.0989. The van der Waals surface area contributed by atoms with Gasteiger partial charge in [0.05, 0.1) is 19.1 Å². The quantitative estimate of drug-likeness (QED) is 0.852. The molecule has 0 bridgehead atoms. The Morgan fingerprint density at radius 1 is 1.22 bits per heavy atom. The predicted octanol–water partition coefficient (Wildman–Crippen LogP) is 1.58. The van der Waals surface area contributed by atoms with Gasteiger partial charge in [-0.25, -0.2) is 0 Å². The van der Waals surface area contributed by atoms with E-state index in [0.717, 1.165) is 39.1 Å². The van der Waals surface area contributed by atoms with Crippen LogP contribution < -0.4 is 5.32 Å². The van der Waals surface area contributed by atoms with Crippen molar-refractivity contribution in [2.45, 2.75) is 52.6 Å². The third-order valence-electron chi connectivity index (χ3n) is 4.89. The van der Waals surface area contributed by atoms with Gasteiger partial charge in [0.25, 0.3) is 0 Å². The molecule has 134 valence electrons. The Balaban J connectivity index is 2.02. The fraction of sp³-hybridized carbons (Fsp3) is 0.944. The van der Waals surface area contributed by atoms with Crippen molar-refractivity contribution >= 4 is 5.91 Å². The molecule has 0 radical (unpaired) electrons. The van der Waals surface area contributed by atoms with Crippen LogP contribution in [0, 0.1) is 11.8 Å². The Labute approximate surface area is 141 Å². The second-order valence-corrected chi connectivity index (χ2v) is 8.45. The van der Waals surface area contributed by atoms with Crippen LogP contribution in [0.1, 0.15) is 41.0 Å². The van der Waals surface area contributed by atoms with E-state index in [2.05, 4.69) is 44.8 Å². The molecule has 2 fully saturated rings. The largest absolute Gasteiger partial charge is 0.378 e. The molecule has 0 saturated carbocycles. The summed E-state index contributed by atoms with van der Waals surface area (Å²) in [5.41, 5.74) is 0.0989. The summed E-state index contributed by atoms with van der Waals surface area (Å²) < 4.78 is 5.38. The second kappa shape index (κ2) is 7.95. The van der Waals surface area contributed by atoms with E-state index in [1.807, 2.05) is 4.90 Å². The van der Waals surface area contributed by atoms with Crippen LogP contribution in [-0.2, 0) is 9.53 Å².